The second-order valence-corrected chi connectivity index (χ2v) is 5.59. The first kappa shape index (κ1) is 13.9. The van der Waals surface area contributed by atoms with Crippen LogP contribution < -0.4 is 9.64 Å². The van der Waals surface area contributed by atoms with Gasteiger partial charge in [0.1, 0.15) is 12.3 Å². The monoisotopic (exact) mass is 288 g/mol. The van der Waals surface area contributed by atoms with E-state index in [4.69, 9.17) is 4.74 Å². The lowest BCUT2D eigenvalue weighted by molar-refractivity contribution is -0.133. The SMILES string of the molecule is C[C@H]1Oc2ccccc2N(CC(=O)N2CCCCC2)C1=O. The lowest BCUT2D eigenvalue weighted by atomic mass is 10.1. The minimum absolute atomic E-state index is 0.0203. The molecule has 2 amide bonds. The molecule has 1 aromatic rings. The van der Waals surface area contributed by atoms with Gasteiger partial charge in [-0.1, -0.05) is 12.1 Å². The van der Waals surface area contributed by atoms with Crippen molar-refractivity contribution in [3.8, 4) is 5.75 Å². The molecule has 112 valence electrons. The second-order valence-electron chi connectivity index (χ2n) is 5.59. The molecule has 0 radical (unpaired) electrons. The summed E-state index contributed by atoms with van der Waals surface area (Å²) in [5.74, 6) is 0.530. The molecule has 5 nitrogen and oxygen atoms in total. The molecule has 1 aromatic carbocycles. The summed E-state index contributed by atoms with van der Waals surface area (Å²) in [6, 6.07) is 7.37. The van der Waals surface area contributed by atoms with Crippen LogP contribution in [0.3, 0.4) is 0 Å². The van der Waals surface area contributed by atoms with Crippen LogP contribution in [0.2, 0.25) is 0 Å². The Bertz CT molecular complexity index is 552. The van der Waals surface area contributed by atoms with Gasteiger partial charge in [0.05, 0.1) is 5.69 Å². The molecule has 1 fully saturated rings. The zero-order valence-corrected chi connectivity index (χ0v) is 12.2. The molecule has 2 aliphatic heterocycles. The number of amides is 2. The fourth-order valence-corrected chi connectivity index (χ4v) is 2.90. The number of hydrogen-bond acceptors (Lipinski definition) is 3. The van der Waals surface area contributed by atoms with Crippen LogP contribution in [0, 0.1) is 0 Å². The van der Waals surface area contributed by atoms with Gasteiger partial charge in [-0.15, -0.1) is 0 Å². The van der Waals surface area contributed by atoms with Crippen LogP contribution in [0.4, 0.5) is 5.69 Å². The molecular formula is C16H20N2O3. The van der Waals surface area contributed by atoms with Gasteiger partial charge >= 0.3 is 0 Å². The first-order valence-electron chi connectivity index (χ1n) is 7.51. The Balaban J connectivity index is 1.80. The number of ether oxygens (including phenoxy) is 1. The summed E-state index contributed by atoms with van der Waals surface area (Å²) in [5, 5.41) is 0. The molecule has 3 rings (SSSR count). The quantitative estimate of drug-likeness (QED) is 0.834. The number of benzene rings is 1. The molecule has 0 saturated carbocycles. The lowest BCUT2D eigenvalue weighted by Crippen LogP contribution is -2.50. The molecular weight excluding hydrogens is 268 g/mol. The number of rotatable bonds is 2. The van der Waals surface area contributed by atoms with Crippen molar-refractivity contribution in [1.82, 2.24) is 4.90 Å². The summed E-state index contributed by atoms with van der Waals surface area (Å²) in [6.07, 6.45) is 2.74. The summed E-state index contributed by atoms with van der Waals surface area (Å²) >= 11 is 0. The number of piperidine rings is 1. The molecule has 5 heteroatoms. The molecule has 1 saturated heterocycles. The van der Waals surface area contributed by atoms with Crippen molar-refractivity contribution in [2.75, 3.05) is 24.5 Å². The van der Waals surface area contributed by atoms with Crippen LogP contribution >= 0.6 is 0 Å². The smallest absolute Gasteiger partial charge is 0.268 e. The van der Waals surface area contributed by atoms with Crippen molar-refractivity contribution in [3.05, 3.63) is 24.3 Å². The van der Waals surface area contributed by atoms with Crippen LogP contribution in [0.25, 0.3) is 0 Å². The number of para-hydroxylation sites is 2. The van der Waals surface area contributed by atoms with Crippen molar-refractivity contribution in [1.29, 1.82) is 0 Å². The summed E-state index contributed by atoms with van der Waals surface area (Å²) in [7, 11) is 0. The van der Waals surface area contributed by atoms with Crippen LogP contribution in [-0.4, -0.2) is 42.5 Å². The molecule has 0 bridgehead atoms. The standard InChI is InChI=1S/C16H20N2O3/c1-12-16(20)18(13-7-3-4-8-14(13)21-12)11-15(19)17-9-5-2-6-10-17/h3-4,7-8,12H,2,5-6,9-11H2,1H3/t12-/m1/s1. The molecule has 0 unspecified atom stereocenters. The summed E-state index contributed by atoms with van der Waals surface area (Å²) in [6.45, 7) is 3.42. The van der Waals surface area contributed by atoms with Crippen molar-refractivity contribution in [2.24, 2.45) is 0 Å². The summed E-state index contributed by atoms with van der Waals surface area (Å²) in [5.41, 5.74) is 0.686. The van der Waals surface area contributed by atoms with Gasteiger partial charge in [0, 0.05) is 13.1 Å². The Morgan fingerprint density at radius 2 is 1.95 bits per heavy atom. The van der Waals surface area contributed by atoms with Gasteiger partial charge in [0.2, 0.25) is 5.91 Å². The number of carbonyl (C=O) groups excluding carboxylic acids is 2. The topological polar surface area (TPSA) is 49.9 Å². The average molecular weight is 288 g/mol. The predicted molar refractivity (Wildman–Crippen MR) is 79.3 cm³/mol. The number of fused-ring (bicyclic) bond motifs is 1. The fourth-order valence-electron chi connectivity index (χ4n) is 2.90. The third-order valence-electron chi connectivity index (χ3n) is 4.08. The Labute approximate surface area is 124 Å². The Kier molecular flexibility index (Phi) is 3.82. The highest BCUT2D eigenvalue weighted by Gasteiger charge is 2.33. The first-order valence-corrected chi connectivity index (χ1v) is 7.51. The van der Waals surface area contributed by atoms with E-state index in [1.807, 2.05) is 29.2 Å². The van der Waals surface area contributed by atoms with Crippen LogP contribution in [0.15, 0.2) is 24.3 Å². The van der Waals surface area contributed by atoms with E-state index in [1.165, 1.54) is 6.42 Å². The Hall–Kier alpha value is -2.04. The van der Waals surface area contributed by atoms with Crippen molar-refractivity contribution >= 4 is 17.5 Å². The van der Waals surface area contributed by atoms with Crippen LogP contribution in [-0.2, 0) is 9.59 Å². The highest BCUT2D eigenvalue weighted by molar-refractivity contribution is 6.03. The highest BCUT2D eigenvalue weighted by Crippen LogP contribution is 2.33. The van der Waals surface area contributed by atoms with Gasteiger partial charge in [-0.2, -0.15) is 0 Å². The van der Waals surface area contributed by atoms with E-state index in [9.17, 15) is 9.59 Å². The van der Waals surface area contributed by atoms with Gasteiger partial charge in [-0.25, -0.2) is 0 Å². The predicted octanol–water partition coefficient (Wildman–Crippen LogP) is 1.81. The second kappa shape index (κ2) is 5.76. The van der Waals surface area contributed by atoms with E-state index in [2.05, 4.69) is 0 Å². The number of nitrogens with zero attached hydrogens (tertiary/aromatic N) is 2. The van der Waals surface area contributed by atoms with E-state index in [0.29, 0.717) is 11.4 Å². The van der Waals surface area contributed by atoms with Gasteiger partial charge in [0.25, 0.3) is 5.91 Å². The number of hydrogen-bond donors (Lipinski definition) is 0. The largest absolute Gasteiger partial charge is 0.479 e. The lowest BCUT2D eigenvalue weighted by Gasteiger charge is -2.34. The molecule has 0 spiro atoms. The van der Waals surface area contributed by atoms with Crippen LogP contribution in [0.5, 0.6) is 5.75 Å². The summed E-state index contributed by atoms with van der Waals surface area (Å²) in [4.78, 5) is 28.2. The van der Waals surface area contributed by atoms with Crippen molar-refractivity contribution in [3.63, 3.8) is 0 Å². The normalized spacial score (nSPS) is 21.8. The molecule has 2 aliphatic rings. The fraction of sp³-hybridized carbons (Fsp3) is 0.500. The van der Waals surface area contributed by atoms with Crippen molar-refractivity contribution in [2.45, 2.75) is 32.3 Å². The van der Waals surface area contributed by atoms with E-state index in [-0.39, 0.29) is 18.4 Å². The molecule has 21 heavy (non-hydrogen) atoms. The maximum atomic E-state index is 12.4. The van der Waals surface area contributed by atoms with E-state index < -0.39 is 6.10 Å². The molecule has 2 heterocycles. The van der Waals surface area contributed by atoms with Crippen LogP contribution in [0.1, 0.15) is 26.2 Å². The maximum absolute atomic E-state index is 12.4. The number of likely N-dealkylation sites (tertiary alicyclic amines) is 1. The van der Waals surface area contributed by atoms with Gasteiger partial charge in [-0.05, 0) is 38.3 Å². The minimum atomic E-state index is -0.547. The van der Waals surface area contributed by atoms with Gasteiger partial charge in [-0.3, -0.25) is 14.5 Å². The Morgan fingerprint density at radius 1 is 1.24 bits per heavy atom. The zero-order chi connectivity index (χ0) is 14.8. The highest BCUT2D eigenvalue weighted by atomic mass is 16.5. The third-order valence-corrected chi connectivity index (χ3v) is 4.08. The van der Waals surface area contributed by atoms with Gasteiger partial charge < -0.3 is 9.64 Å². The summed E-state index contributed by atoms with van der Waals surface area (Å²) < 4.78 is 5.59. The maximum Gasteiger partial charge on any atom is 0.268 e. The average Bonchev–Trinajstić information content (AvgIpc) is 2.52. The van der Waals surface area contributed by atoms with E-state index in [0.717, 1.165) is 25.9 Å². The zero-order valence-electron chi connectivity index (χ0n) is 12.2. The molecule has 0 aromatic heterocycles. The number of carbonyl (C=O) groups is 2. The van der Waals surface area contributed by atoms with E-state index >= 15 is 0 Å². The molecule has 1 atom stereocenters. The first-order chi connectivity index (χ1) is 10.2. The van der Waals surface area contributed by atoms with Gasteiger partial charge in [0.15, 0.2) is 6.10 Å². The number of anilines is 1. The Morgan fingerprint density at radius 3 is 2.71 bits per heavy atom. The third kappa shape index (κ3) is 2.73. The van der Waals surface area contributed by atoms with Crippen molar-refractivity contribution < 1.29 is 14.3 Å². The molecule has 0 N–H and O–H groups in total. The molecule has 0 aliphatic carbocycles. The van der Waals surface area contributed by atoms with E-state index in [1.54, 1.807) is 11.8 Å². The minimum Gasteiger partial charge on any atom is -0.479 e.